The van der Waals surface area contributed by atoms with Crippen LogP contribution in [0.3, 0.4) is 0 Å². The predicted molar refractivity (Wildman–Crippen MR) is 67.4 cm³/mol. The Morgan fingerprint density at radius 3 is 2.69 bits per heavy atom. The average Bonchev–Trinajstić information content (AvgIpc) is 2.74. The molecular formula is C13H13ClN2. The molecule has 1 unspecified atom stereocenters. The van der Waals surface area contributed by atoms with Crippen molar-refractivity contribution >= 4 is 23.0 Å². The number of hydrogen-bond acceptors (Lipinski definition) is 2. The fourth-order valence-electron chi connectivity index (χ4n) is 2.48. The second-order valence-corrected chi connectivity index (χ2v) is 4.82. The minimum atomic E-state index is 0.468. The Morgan fingerprint density at radius 1 is 1.06 bits per heavy atom. The summed E-state index contributed by atoms with van der Waals surface area (Å²) in [7, 11) is 0. The summed E-state index contributed by atoms with van der Waals surface area (Å²) in [5.74, 6) is 0.468. The van der Waals surface area contributed by atoms with Gasteiger partial charge in [0, 0.05) is 16.7 Å². The summed E-state index contributed by atoms with van der Waals surface area (Å²) in [6, 6.07) is 7.91. The van der Waals surface area contributed by atoms with Crippen molar-refractivity contribution < 1.29 is 0 Å². The van der Waals surface area contributed by atoms with Crippen molar-refractivity contribution in [1.29, 1.82) is 0 Å². The number of benzene rings is 1. The van der Waals surface area contributed by atoms with Crippen LogP contribution >= 0.6 is 11.6 Å². The monoisotopic (exact) mass is 232 g/mol. The maximum Gasteiger partial charge on any atom is 0.0790 e. The van der Waals surface area contributed by atoms with E-state index in [4.69, 9.17) is 11.6 Å². The summed E-state index contributed by atoms with van der Waals surface area (Å²) in [6.07, 6.45) is 4.86. The highest BCUT2D eigenvalue weighted by molar-refractivity contribution is 6.30. The Kier molecular flexibility index (Phi) is 2.52. The van der Waals surface area contributed by atoms with E-state index in [1.807, 2.05) is 24.3 Å². The van der Waals surface area contributed by atoms with Gasteiger partial charge in [-0.2, -0.15) is 10.2 Å². The first kappa shape index (κ1) is 10.0. The Labute approximate surface area is 100 Å². The minimum absolute atomic E-state index is 0.468. The fraction of sp³-hybridized carbons (Fsp3) is 0.385. The van der Waals surface area contributed by atoms with E-state index in [1.165, 1.54) is 25.0 Å². The number of halogens is 1. The maximum atomic E-state index is 5.89. The van der Waals surface area contributed by atoms with Gasteiger partial charge in [0.15, 0.2) is 0 Å². The zero-order valence-corrected chi connectivity index (χ0v) is 9.74. The average molecular weight is 233 g/mol. The van der Waals surface area contributed by atoms with Gasteiger partial charge in [-0.3, -0.25) is 0 Å². The summed E-state index contributed by atoms with van der Waals surface area (Å²) in [4.78, 5) is 0. The zero-order valence-electron chi connectivity index (χ0n) is 8.99. The van der Waals surface area contributed by atoms with Gasteiger partial charge in [-0.25, -0.2) is 0 Å². The van der Waals surface area contributed by atoms with Crippen LogP contribution in [0.15, 0.2) is 34.5 Å². The predicted octanol–water partition coefficient (Wildman–Crippen LogP) is 3.69. The van der Waals surface area contributed by atoms with Crippen LogP contribution in [0, 0.1) is 5.92 Å². The van der Waals surface area contributed by atoms with Gasteiger partial charge >= 0.3 is 0 Å². The van der Waals surface area contributed by atoms with E-state index >= 15 is 0 Å². The molecule has 16 heavy (non-hydrogen) atoms. The largest absolute Gasteiger partial charge is 0.159 e. The molecule has 1 heterocycles. The molecule has 0 aromatic heterocycles. The second-order valence-electron chi connectivity index (χ2n) is 4.38. The molecule has 0 N–H and O–H groups in total. The zero-order chi connectivity index (χ0) is 11.0. The summed E-state index contributed by atoms with van der Waals surface area (Å²) in [5, 5.41) is 9.42. The maximum absolute atomic E-state index is 5.89. The van der Waals surface area contributed by atoms with Gasteiger partial charge in [0.2, 0.25) is 0 Å². The van der Waals surface area contributed by atoms with Crippen LogP contribution in [0.1, 0.15) is 31.2 Å². The Balaban J connectivity index is 1.89. The lowest BCUT2D eigenvalue weighted by Gasteiger charge is -2.20. The standard InChI is InChI=1S/C13H13ClN2/c14-10-7-5-9(6-8-10)13-11-3-1-2-4-12(11)15-16-13/h5-8,11H,1-4H2. The first-order valence-electron chi connectivity index (χ1n) is 5.75. The van der Waals surface area contributed by atoms with Gasteiger partial charge in [0.05, 0.1) is 5.71 Å². The summed E-state index contributed by atoms with van der Waals surface area (Å²) < 4.78 is 0. The molecule has 2 aliphatic rings. The van der Waals surface area contributed by atoms with Gasteiger partial charge in [-0.1, -0.05) is 30.2 Å². The SMILES string of the molecule is Clc1ccc(C2=NN=C3CCCCC32)cc1. The number of rotatable bonds is 1. The van der Waals surface area contributed by atoms with Crippen molar-refractivity contribution in [2.24, 2.45) is 16.1 Å². The summed E-state index contributed by atoms with van der Waals surface area (Å²) in [5.41, 5.74) is 3.57. The fourth-order valence-corrected chi connectivity index (χ4v) is 2.60. The Bertz CT molecular complexity index is 459. The van der Waals surface area contributed by atoms with Gasteiger partial charge in [0.1, 0.15) is 0 Å². The van der Waals surface area contributed by atoms with Crippen molar-refractivity contribution in [3.63, 3.8) is 0 Å². The molecule has 1 fully saturated rings. The normalized spacial score (nSPS) is 23.7. The van der Waals surface area contributed by atoms with Gasteiger partial charge in [-0.05, 0) is 37.0 Å². The number of fused-ring (bicyclic) bond motifs is 1. The molecule has 0 bridgehead atoms. The first-order valence-corrected chi connectivity index (χ1v) is 6.12. The smallest absolute Gasteiger partial charge is 0.0790 e. The minimum Gasteiger partial charge on any atom is -0.159 e. The first-order chi connectivity index (χ1) is 7.84. The highest BCUT2D eigenvalue weighted by Crippen LogP contribution is 2.30. The molecule has 2 nitrogen and oxygen atoms in total. The molecule has 0 saturated heterocycles. The van der Waals surface area contributed by atoms with Crippen LogP contribution in [0.4, 0.5) is 0 Å². The van der Waals surface area contributed by atoms with Crippen molar-refractivity contribution in [2.45, 2.75) is 25.7 Å². The lowest BCUT2D eigenvalue weighted by molar-refractivity contribution is 0.620. The molecule has 1 saturated carbocycles. The molecule has 1 aromatic carbocycles. The molecule has 3 rings (SSSR count). The van der Waals surface area contributed by atoms with E-state index in [9.17, 15) is 0 Å². The van der Waals surface area contributed by atoms with E-state index in [0.29, 0.717) is 5.92 Å². The van der Waals surface area contributed by atoms with Crippen LogP contribution in [-0.4, -0.2) is 11.4 Å². The Morgan fingerprint density at radius 2 is 1.88 bits per heavy atom. The van der Waals surface area contributed by atoms with Gasteiger partial charge < -0.3 is 0 Å². The molecule has 0 radical (unpaired) electrons. The van der Waals surface area contributed by atoms with E-state index < -0.39 is 0 Å². The topological polar surface area (TPSA) is 24.7 Å². The quantitative estimate of drug-likeness (QED) is 0.706. The lowest BCUT2D eigenvalue weighted by Crippen LogP contribution is -2.24. The molecule has 0 amide bonds. The molecule has 1 aliphatic heterocycles. The van der Waals surface area contributed by atoms with Gasteiger partial charge in [0.25, 0.3) is 0 Å². The van der Waals surface area contributed by atoms with E-state index in [-0.39, 0.29) is 0 Å². The molecule has 1 atom stereocenters. The summed E-state index contributed by atoms with van der Waals surface area (Å²) in [6.45, 7) is 0. The van der Waals surface area contributed by atoms with Crippen molar-refractivity contribution in [3.05, 3.63) is 34.9 Å². The van der Waals surface area contributed by atoms with Crippen LogP contribution in [-0.2, 0) is 0 Å². The lowest BCUT2D eigenvalue weighted by atomic mass is 9.82. The molecule has 82 valence electrons. The van der Waals surface area contributed by atoms with Crippen molar-refractivity contribution in [3.8, 4) is 0 Å². The van der Waals surface area contributed by atoms with E-state index in [1.54, 1.807) is 0 Å². The van der Waals surface area contributed by atoms with Gasteiger partial charge in [-0.15, -0.1) is 0 Å². The second kappa shape index (κ2) is 4.02. The van der Waals surface area contributed by atoms with Crippen LogP contribution in [0.2, 0.25) is 5.02 Å². The third kappa shape index (κ3) is 1.67. The van der Waals surface area contributed by atoms with Crippen LogP contribution in [0.5, 0.6) is 0 Å². The third-order valence-corrected chi connectivity index (χ3v) is 3.59. The highest BCUT2D eigenvalue weighted by Gasteiger charge is 2.30. The van der Waals surface area contributed by atoms with Crippen molar-refractivity contribution in [1.82, 2.24) is 0 Å². The molecule has 1 aliphatic carbocycles. The van der Waals surface area contributed by atoms with E-state index in [2.05, 4.69) is 10.2 Å². The van der Waals surface area contributed by atoms with E-state index in [0.717, 1.165) is 22.7 Å². The number of nitrogens with zero attached hydrogens (tertiary/aromatic N) is 2. The molecule has 0 spiro atoms. The molecular weight excluding hydrogens is 220 g/mol. The summed E-state index contributed by atoms with van der Waals surface area (Å²) >= 11 is 5.89. The molecule has 3 heteroatoms. The number of hydrogen-bond donors (Lipinski definition) is 0. The van der Waals surface area contributed by atoms with Crippen LogP contribution < -0.4 is 0 Å². The third-order valence-electron chi connectivity index (χ3n) is 3.33. The highest BCUT2D eigenvalue weighted by atomic mass is 35.5. The molecule has 1 aromatic rings. The van der Waals surface area contributed by atoms with Crippen LogP contribution in [0.25, 0.3) is 0 Å². The van der Waals surface area contributed by atoms with Crippen molar-refractivity contribution in [2.75, 3.05) is 0 Å². The Hall–Kier alpha value is -1.15.